The minimum atomic E-state index is -0.151. The summed E-state index contributed by atoms with van der Waals surface area (Å²) in [6, 6.07) is 1.79. The van der Waals surface area contributed by atoms with E-state index in [2.05, 4.69) is 15.9 Å². The number of pyridine rings is 1. The summed E-state index contributed by atoms with van der Waals surface area (Å²) in [4.78, 5) is 21.7. The van der Waals surface area contributed by atoms with Crippen molar-refractivity contribution < 1.29 is 0 Å². The number of terminal acetylenes is 1. The van der Waals surface area contributed by atoms with Crippen molar-refractivity contribution in [2.45, 2.75) is 6.54 Å². The van der Waals surface area contributed by atoms with Crippen LogP contribution >= 0.6 is 11.3 Å². The quantitative estimate of drug-likeness (QED) is 0.431. The molecule has 0 radical (unpaired) electrons. The van der Waals surface area contributed by atoms with Gasteiger partial charge in [-0.2, -0.15) is 0 Å². The van der Waals surface area contributed by atoms with Crippen LogP contribution in [0.1, 0.15) is 0 Å². The van der Waals surface area contributed by atoms with Crippen molar-refractivity contribution >= 4 is 37.5 Å². The Morgan fingerprint density at radius 1 is 1.55 bits per heavy atom. The summed E-state index contributed by atoms with van der Waals surface area (Å²) in [5, 5.41) is 2.28. The van der Waals surface area contributed by atoms with E-state index in [0.29, 0.717) is 10.2 Å². The maximum absolute atomic E-state index is 12.3. The second kappa shape index (κ2) is 4.59. The maximum Gasteiger partial charge on any atom is 0.272 e. The zero-order chi connectivity index (χ0) is 14.3. The number of fused-ring (bicyclic) bond motifs is 3. The van der Waals surface area contributed by atoms with Crippen molar-refractivity contribution in [3.05, 3.63) is 28.9 Å². The predicted octanol–water partition coefficient (Wildman–Crippen LogP) is 0.949. The molecule has 3 aromatic heterocycles. The Kier molecular flexibility index (Phi) is 2.89. The molecule has 100 valence electrons. The zero-order valence-corrected chi connectivity index (χ0v) is 11.5. The second-order valence-electron chi connectivity index (χ2n) is 4.28. The number of nitrogens with zero attached hydrogens (tertiary/aromatic N) is 4. The van der Waals surface area contributed by atoms with Gasteiger partial charge >= 0.3 is 0 Å². The Hall–Kier alpha value is -2.43. The number of thiophene rings is 1. The average Bonchev–Trinajstić information content (AvgIpc) is 2.81. The third-order valence-corrected chi connectivity index (χ3v) is 4.04. The van der Waals surface area contributed by atoms with E-state index < -0.39 is 0 Å². The van der Waals surface area contributed by atoms with Crippen molar-refractivity contribution in [3.8, 4) is 12.3 Å². The molecule has 3 heterocycles. The first-order chi connectivity index (χ1) is 9.63. The molecule has 7 heteroatoms. The van der Waals surface area contributed by atoms with Gasteiger partial charge in [-0.05, 0) is 6.07 Å². The number of rotatable bonds is 2. The van der Waals surface area contributed by atoms with Crippen LogP contribution in [0.15, 0.2) is 23.4 Å². The monoisotopic (exact) mass is 285 g/mol. The molecular formula is C13H11N5OS. The fraction of sp³-hybridized carbons (Fsp3) is 0.154. The molecular weight excluding hydrogens is 274 g/mol. The van der Waals surface area contributed by atoms with E-state index >= 15 is 0 Å². The molecule has 2 N–H and O–H groups in total. The number of hydrogen-bond donors (Lipinski definition) is 1. The van der Waals surface area contributed by atoms with Gasteiger partial charge in [0.15, 0.2) is 0 Å². The van der Waals surface area contributed by atoms with Crippen LogP contribution in [0.4, 0.5) is 5.69 Å². The van der Waals surface area contributed by atoms with Gasteiger partial charge in [-0.15, -0.1) is 17.8 Å². The number of hydrazine groups is 1. The van der Waals surface area contributed by atoms with Gasteiger partial charge in [0.25, 0.3) is 5.56 Å². The van der Waals surface area contributed by atoms with Crippen LogP contribution < -0.4 is 16.4 Å². The zero-order valence-electron chi connectivity index (χ0n) is 10.7. The molecule has 3 rings (SSSR count). The molecule has 0 bridgehead atoms. The molecule has 0 atom stereocenters. The summed E-state index contributed by atoms with van der Waals surface area (Å²) in [6.07, 6.45) is 8.37. The first kappa shape index (κ1) is 12.6. The highest BCUT2D eigenvalue weighted by Gasteiger charge is 2.16. The molecule has 0 fully saturated rings. The molecule has 0 amide bonds. The lowest BCUT2D eigenvalue weighted by Crippen LogP contribution is -2.25. The number of nitrogens with two attached hydrogens (primary N) is 1. The number of anilines is 1. The van der Waals surface area contributed by atoms with Gasteiger partial charge in [0.05, 0.1) is 23.9 Å². The van der Waals surface area contributed by atoms with Crippen molar-refractivity contribution in [2.24, 2.45) is 5.84 Å². The predicted molar refractivity (Wildman–Crippen MR) is 80.6 cm³/mol. The van der Waals surface area contributed by atoms with Crippen molar-refractivity contribution in [1.29, 1.82) is 0 Å². The van der Waals surface area contributed by atoms with Crippen molar-refractivity contribution in [1.82, 2.24) is 14.5 Å². The summed E-state index contributed by atoms with van der Waals surface area (Å²) in [5.41, 5.74) is 1.24. The summed E-state index contributed by atoms with van der Waals surface area (Å²) >= 11 is 1.30. The van der Waals surface area contributed by atoms with Crippen LogP contribution in [-0.4, -0.2) is 21.6 Å². The molecule has 0 aromatic carbocycles. The Bertz CT molecular complexity index is 903. The van der Waals surface area contributed by atoms with Gasteiger partial charge in [0, 0.05) is 13.2 Å². The van der Waals surface area contributed by atoms with E-state index in [1.54, 1.807) is 19.3 Å². The van der Waals surface area contributed by atoms with Gasteiger partial charge in [-0.1, -0.05) is 5.92 Å². The van der Waals surface area contributed by atoms with Gasteiger partial charge in [-0.3, -0.25) is 9.36 Å². The molecule has 6 nitrogen and oxygen atoms in total. The first-order valence-corrected chi connectivity index (χ1v) is 6.63. The summed E-state index contributed by atoms with van der Waals surface area (Å²) in [7, 11) is 1.73. The highest BCUT2D eigenvalue weighted by atomic mass is 32.1. The van der Waals surface area contributed by atoms with Crippen molar-refractivity contribution in [3.63, 3.8) is 0 Å². The van der Waals surface area contributed by atoms with Crippen LogP contribution in [0.3, 0.4) is 0 Å². The maximum atomic E-state index is 12.3. The molecule has 0 spiro atoms. The van der Waals surface area contributed by atoms with E-state index in [4.69, 9.17) is 12.3 Å². The first-order valence-electron chi connectivity index (χ1n) is 5.82. The molecule has 3 aromatic rings. The van der Waals surface area contributed by atoms with E-state index in [-0.39, 0.29) is 12.1 Å². The summed E-state index contributed by atoms with van der Waals surface area (Å²) < 4.78 is 1.95. The Morgan fingerprint density at radius 2 is 2.35 bits per heavy atom. The Balaban J connectivity index is 2.45. The molecule has 20 heavy (non-hydrogen) atoms. The van der Waals surface area contributed by atoms with Gasteiger partial charge in [-0.25, -0.2) is 15.8 Å². The molecule has 0 saturated heterocycles. The van der Waals surface area contributed by atoms with E-state index in [1.165, 1.54) is 27.2 Å². The van der Waals surface area contributed by atoms with Gasteiger partial charge in [0.2, 0.25) is 0 Å². The minimum absolute atomic E-state index is 0.151. The normalized spacial score (nSPS) is 10.8. The second-order valence-corrected chi connectivity index (χ2v) is 5.28. The largest absolute Gasteiger partial charge is 0.313 e. The SMILES string of the molecule is C#CCn1cnc2c(sc3nccc(N(C)N)c32)c1=O. The van der Waals surface area contributed by atoms with E-state index in [9.17, 15) is 4.79 Å². The molecule has 0 aliphatic carbocycles. The molecule has 0 aliphatic rings. The van der Waals surface area contributed by atoms with Gasteiger partial charge in [0.1, 0.15) is 15.0 Å². The lowest BCUT2D eigenvalue weighted by atomic mass is 10.2. The minimum Gasteiger partial charge on any atom is -0.313 e. The highest BCUT2D eigenvalue weighted by molar-refractivity contribution is 7.25. The van der Waals surface area contributed by atoms with Crippen LogP contribution in [0.25, 0.3) is 20.4 Å². The Morgan fingerprint density at radius 3 is 3.05 bits per heavy atom. The lowest BCUT2D eigenvalue weighted by molar-refractivity contribution is 0.785. The number of hydrogen-bond acceptors (Lipinski definition) is 6. The topological polar surface area (TPSA) is 77.0 Å². The average molecular weight is 285 g/mol. The molecule has 0 unspecified atom stereocenters. The third-order valence-electron chi connectivity index (χ3n) is 2.97. The van der Waals surface area contributed by atoms with E-state index in [1.807, 2.05) is 0 Å². The smallest absolute Gasteiger partial charge is 0.272 e. The van der Waals surface area contributed by atoms with Gasteiger partial charge < -0.3 is 5.01 Å². The fourth-order valence-corrected chi connectivity index (χ4v) is 3.14. The highest BCUT2D eigenvalue weighted by Crippen LogP contribution is 2.34. The fourth-order valence-electron chi connectivity index (χ4n) is 2.07. The Labute approximate surface area is 118 Å². The van der Waals surface area contributed by atoms with Crippen molar-refractivity contribution in [2.75, 3.05) is 12.1 Å². The third kappa shape index (κ3) is 1.74. The van der Waals surface area contributed by atoms with Crippen LogP contribution in [0.5, 0.6) is 0 Å². The summed E-state index contributed by atoms with van der Waals surface area (Å²) in [5.74, 6) is 8.25. The lowest BCUT2D eigenvalue weighted by Gasteiger charge is -2.12. The van der Waals surface area contributed by atoms with Crippen LogP contribution in [0, 0.1) is 12.3 Å². The number of aromatic nitrogens is 3. The van der Waals surface area contributed by atoms with E-state index in [0.717, 1.165) is 15.9 Å². The molecule has 0 aliphatic heterocycles. The molecule has 0 saturated carbocycles. The standard InChI is InChI=1S/C13H11N5OS/c1-3-6-18-7-16-10-9-8(17(2)14)4-5-15-12(9)20-11(10)13(18)19/h1,4-5,7H,6,14H2,2H3. The van der Waals surface area contributed by atoms with Crippen LogP contribution in [0.2, 0.25) is 0 Å². The van der Waals surface area contributed by atoms with Crippen LogP contribution in [-0.2, 0) is 6.54 Å². The summed E-state index contributed by atoms with van der Waals surface area (Å²) in [6.45, 7) is 0.201.